The van der Waals surface area contributed by atoms with Crippen LogP contribution in [0.3, 0.4) is 0 Å². The molecule has 0 fully saturated rings. The van der Waals surface area contributed by atoms with Gasteiger partial charge in [0.2, 0.25) is 10.0 Å². The number of hydrogen-bond acceptors (Lipinski definition) is 3. The smallest absolute Gasteiger partial charge is 0.207 e. The molecule has 0 atom stereocenters. The zero-order valence-corrected chi connectivity index (χ0v) is 10.1. The van der Waals surface area contributed by atoms with Crippen LogP contribution in [0, 0.1) is 18.3 Å². The molecule has 98 valence electrons. The monoisotopic (exact) mass is 278 g/mol. The first kappa shape index (κ1) is 14.5. The fourth-order valence-electron chi connectivity index (χ4n) is 1.21. The standard InChI is InChI=1S/C10H9F3N2O2S/c1-7-2-3-8(5-14)4-9(7)18(16,17)15-6-10(11,12)13/h2-4,15H,6H2,1H3. The van der Waals surface area contributed by atoms with Crippen LogP contribution in [0.1, 0.15) is 11.1 Å². The molecule has 0 unspecified atom stereocenters. The molecule has 0 saturated carbocycles. The predicted molar refractivity (Wildman–Crippen MR) is 57.1 cm³/mol. The quantitative estimate of drug-likeness (QED) is 0.915. The summed E-state index contributed by atoms with van der Waals surface area (Å²) in [6.45, 7) is -0.213. The lowest BCUT2D eigenvalue weighted by Gasteiger charge is -2.11. The Morgan fingerprint density at radius 1 is 1.39 bits per heavy atom. The topological polar surface area (TPSA) is 70.0 Å². The normalized spacial score (nSPS) is 12.2. The van der Waals surface area contributed by atoms with Crippen molar-refractivity contribution in [2.45, 2.75) is 18.0 Å². The van der Waals surface area contributed by atoms with Crippen molar-refractivity contribution < 1.29 is 21.6 Å². The SMILES string of the molecule is Cc1ccc(C#N)cc1S(=O)(=O)NCC(F)(F)F. The zero-order chi connectivity index (χ0) is 14.0. The molecule has 0 heterocycles. The lowest BCUT2D eigenvalue weighted by atomic mass is 10.2. The molecule has 1 aromatic rings. The van der Waals surface area contributed by atoms with E-state index in [0.29, 0.717) is 0 Å². The predicted octanol–water partition coefficient (Wildman–Crippen LogP) is 1.71. The summed E-state index contributed by atoms with van der Waals surface area (Å²) in [7, 11) is -4.28. The number of rotatable bonds is 3. The van der Waals surface area contributed by atoms with Gasteiger partial charge < -0.3 is 0 Å². The fourth-order valence-corrected chi connectivity index (χ4v) is 2.50. The molecule has 0 radical (unpaired) electrons. The summed E-state index contributed by atoms with van der Waals surface area (Å²) in [5, 5.41) is 8.63. The van der Waals surface area contributed by atoms with E-state index in [9.17, 15) is 21.6 Å². The average Bonchev–Trinajstić information content (AvgIpc) is 2.26. The largest absolute Gasteiger partial charge is 0.402 e. The van der Waals surface area contributed by atoms with Crippen LogP contribution in [0.4, 0.5) is 13.2 Å². The number of benzene rings is 1. The van der Waals surface area contributed by atoms with E-state index >= 15 is 0 Å². The van der Waals surface area contributed by atoms with Crippen LogP contribution in [-0.4, -0.2) is 21.1 Å². The van der Waals surface area contributed by atoms with Gasteiger partial charge >= 0.3 is 6.18 Å². The van der Waals surface area contributed by atoms with Crippen LogP contribution in [0.15, 0.2) is 23.1 Å². The Morgan fingerprint density at radius 2 is 2.00 bits per heavy atom. The minimum absolute atomic E-state index is 0.0629. The Morgan fingerprint density at radius 3 is 2.50 bits per heavy atom. The van der Waals surface area contributed by atoms with E-state index in [1.165, 1.54) is 23.8 Å². The van der Waals surface area contributed by atoms with Crippen molar-refractivity contribution in [3.8, 4) is 6.07 Å². The van der Waals surface area contributed by atoms with Gasteiger partial charge in [0.1, 0.15) is 6.54 Å². The molecule has 1 aromatic carbocycles. The highest BCUT2D eigenvalue weighted by Gasteiger charge is 2.30. The number of hydrogen-bond donors (Lipinski definition) is 1. The maximum Gasteiger partial charge on any atom is 0.402 e. The molecule has 0 bridgehead atoms. The highest BCUT2D eigenvalue weighted by atomic mass is 32.2. The van der Waals surface area contributed by atoms with Gasteiger partial charge in [0.05, 0.1) is 16.5 Å². The summed E-state index contributed by atoms with van der Waals surface area (Å²) < 4.78 is 60.6. The Labute approximate surface area is 102 Å². The molecule has 0 aliphatic rings. The Balaban J connectivity index is 3.09. The fraction of sp³-hybridized carbons (Fsp3) is 0.300. The number of nitrogens with zero attached hydrogens (tertiary/aromatic N) is 1. The minimum Gasteiger partial charge on any atom is -0.207 e. The van der Waals surface area contributed by atoms with Crippen molar-refractivity contribution in [1.82, 2.24) is 4.72 Å². The highest BCUT2D eigenvalue weighted by Crippen LogP contribution is 2.18. The van der Waals surface area contributed by atoms with Gasteiger partial charge in [-0.05, 0) is 24.6 Å². The third kappa shape index (κ3) is 3.72. The van der Waals surface area contributed by atoms with Gasteiger partial charge in [-0.2, -0.15) is 18.4 Å². The maximum absolute atomic E-state index is 12.0. The second-order valence-corrected chi connectivity index (χ2v) is 5.27. The van der Waals surface area contributed by atoms with Crippen LogP contribution in [0.5, 0.6) is 0 Å². The van der Waals surface area contributed by atoms with Crippen molar-refractivity contribution in [3.63, 3.8) is 0 Å². The summed E-state index contributed by atoms with van der Waals surface area (Å²) in [6.07, 6.45) is -4.63. The highest BCUT2D eigenvalue weighted by molar-refractivity contribution is 7.89. The second kappa shape index (κ2) is 4.96. The van der Waals surface area contributed by atoms with E-state index in [0.717, 1.165) is 6.07 Å². The molecule has 0 aliphatic heterocycles. The van der Waals surface area contributed by atoms with Crippen LogP contribution < -0.4 is 4.72 Å². The van der Waals surface area contributed by atoms with Gasteiger partial charge in [-0.3, -0.25) is 0 Å². The van der Waals surface area contributed by atoms with Crippen LogP contribution in [0.2, 0.25) is 0 Å². The Bertz CT molecular complexity index is 588. The molecule has 0 aromatic heterocycles. The van der Waals surface area contributed by atoms with Gasteiger partial charge in [0.25, 0.3) is 0 Å². The van der Waals surface area contributed by atoms with Crippen LogP contribution in [-0.2, 0) is 10.0 Å². The summed E-state index contributed by atoms with van der Waals surface area (Å²) >= 11 is 0. The summed E-state index contributed by atoms with van der Waals surface area (Å²) in [6, 6.07) is 5.51. The molecule has 0 saturated heterocycles. The molecule has 18 heavy (non-hydrogen) atoms. The lowest BCUT2D eigenvalue weighted by Crippen LogP contribution is -2.34. The first-order chi connectivity index (χ1) is 8.15. The Kier molecular flexibility index (Phi) is 3.98. The average molecular weight is 278 g/mol. The first-order valence-corrected chi connectivity index (χ1v) is 6.21. The van der Waals surface area contributed by atoms with E-state index in [-0.39, 0.29) is 16.0 Å². The summed E-state index contributed by atoms with van der Waals surface area (Å²) in [5.41, 5.74) is 0.330. The number of sulfonamides is 1. The molecule has 0 amide bonds. The van der Waals surface area contributed by atoms with Gasteiger partial charge in [-0.1, -0.05) is 6.07 Å². The van der Waals surface area contributed by atoms with E-state index in [1.807, 2.05) is 0 Å². The minimum atomic E-state index is -4.63. The molecule has 8 heteroatoms. The number of nitrogens with one attached hydrogen (secondary N) is 1. The maximum atomic E-state index is 12.0. The molecular formula is C10H9F3N2O2S. The number of aryl methyl sites for hydroxylation is 1. The third-order valence-corrected chi connectivity index (χ3v) is 3.61. The van der Waals surface area contributed by atoms with Crippen LogP contribution in [0.25, 0.3) is 0 Å². The molecular weight excluding hydrogens is 269 g/mol. The Hall–Kier alpha value is -1.59. The van der Waals surface area contributed by atoms with E-state index in [1.54, 1.807) is 6.07 Å². The second-order valence-electron chi connectivity index (χ2n) is 3.53. The zero-order valence-electron chi connectivity index (χ0n) is 9.25. The first-order valence-electron chi connectivity index (χ1n) is 4.73. The number of alkyl halides is 3. The van der Waals surface area contributed by atoms with Crippen molar-refractivity contribution in [1.29, 1.82) is 5.26 Å². The van der Waals surface area contributed by atoms with Gasteiger partial charge in [0, 0.05) is 0 Å². The van der Waals surface area contributed by atoms with Crippen LogP contribution >= 0.6 is 0 Å². The van der Waals surface area contributed by atoms with Gasteiger partial charge in [0.15, 0.2) is 0 Å². The van der Waals surface area contributed by atoms with Crippen molar-refractivity contribution in [3.05, 3.63) is 29.3 Å². The molecule has 4 nitrogen and oxygen atoms in total. The van der Waals surface area contributed by atoms with Gasteiger partial charge in [-0.25, -0.2) is 13.1 Å². The summed E-state index contributed by atoms with van der Waals surface area (Å²) in [5.74, 6) is 0. The van der Waals surface area contributed by atoms with E-state index < -0.39 is 22.7 Å². The lowest BCUT2D eigenvalue weighted by molar-refractivity contribution is -0.121. The summed E-state index contributed by atoms with van der Waals surface area (Å²) in [4.78, 5) is -0.328. The molecule has 0 spiro atoms. The van der Waals surface area contributed by atoms with E-state index in [2.05, 4.69) is 0 Å². The number of nitriles is 1. The van der Waals surface area contributed by atoms with Gasteiger partial charge in [-0.15, -0.1) is 0 Å². The van der Waals surface area contributed by atoms with E-state index in [4.69, 9.17) is 5.26 Å². The van der Waals surface area contributed by atoms with Crippen molar-refractivity contribution >= 4 is 10.0 Å². The van der Waals surface area contributed by atoms with Crippen molar-refractivity contribution in [2.24, 2.45) is 0 Å². The third-order valence-electron chi connectivity index (χ3n) is 2.07. The molecule has 1 N–H and O–H groups in total. The van der Waals surface area contributed by atoms with Crippen molar-refractivity contribution in [2.75, 3.05) is 6.54 Å². The number of halogens is 3. The molecule has 1 rings (SSSR count). The molecule has 0 aliphatic carbocycles.